The van der Waals surface area contributed by atoms with Gasteiger partial charge >= 0.3 is 0 Å². The quantitative estimate of drug-likeness (QED) is 0.699. The van der Waals surface area contributed by atoms with Crippen molar-refractivity contribution in [2.24, 2.45) is 5.92 Å². The van der Waals surface area contributed by atoms with Crippen LogP contribution in [0.1, 0.15) is 25.0 Å². The molecule has 0 saturated heterocycles. The van der Waals surface area contributed by atoms with E-state index in [4.69, 9.17) is 11.0 Å². The van der Waals surface area contributed by atoms with Crippen LogP contribution in [0.2, 0.25) is 0 Å². The maximum Gasteiger partial charge on any atom is 0.102 e. The zero-order valence-electron chi connectivity index (χ0n) is 8.04. The Morgan fingerprint density at radius 1 is 1.46 bits per heavy atom. The van der Waals surface area contributed by atoms with Crippen LogP contribution >= 0.6 is 0 Å². The molecular weight excluding hydrogens is 160 g/mol. The van der Waals surface area contributed by atoms with E-state index in [1.165, 1.54) is 0 Å². The predicted octanol–water partition coefficient (Wildman–Crippen LogP) is 2.34. The lowest BCUT2D eigenvalue weighted by Gasteiger charge is -2.08. The number of nitrogen functional groups attached to an aromatic ring is 1. The molecule has 1 aromatic carbocycles. The van der Waals surface area contributed by atoms with Gasteiger partial charge < -0.3 is 5.73 Å². The number of rotatable bonds is 2. The lowest BCUT2D eigenvalue weighted by molar-refractivity contribution is 0.646. The number of nitrogens with zero attached hydrogens (tertiary/aromatic N) is 1. The molecule has 0 radical (unpaired) electrons. The normalized spacial score (nSPS) is 10.0. The van der Waals surface area contributed by atoms with Gasteiger partial charge in [-0.25, -0.2) is 0 Å². The molecule has 68 valence electrons. The van der Waals surface area contributed by atoms with Crippen LogP contribution < -0.4 is 5.73 Å². The van der Waals surface area contributed by atoms with E-state index in [0.717, 1.165) is 12.0 Å². The highest BCUT2D eigenvalue weighted by Gasteiger charge is 2.06. The van der Waals surface area contributed by atoms with Crippen molar-refractivity contribution in [2.75, 3.05) is 5.73 Å². The number of anilines is 1. The fourth-order valence-electron chi connectivity index (χ4n) is 1.37. The summed E-state index contributed by atoms with van der Waals surface area (Å²) in [4.78, 5) is 0. The van der Waals surface area contributed by atoms with E-state index in [0.29, 0.717) is 17.2 Å². The van der Waals surface area contributed by atoms with Crippen LogP contribution in [0.15, 0.2) is 18.2 Å². The minimum absolute atomic E-state index is 0.550. The van der Waals surface area contributed by atoms with Gasteiger partial charge in [-0.05, 0) is 24.0 Å². The number of benzene rings is 1. The molecule has 0 aromatic heterocycles. The summed E-state index contributed by atoms with van der Waals surface area (Å²) in [7, 11) is 0. The molecule has 0 amide bonds. The van der Waals surface area contributed by atoms with Gasteiger partial charge in [0.05, 0.1) is 5.56 Å². The van der Waals surface area contributed by atoms with Crippen molar-refractivity contribution in [3.8, 4) is 6.07 Å². The summed E-state index contributed by atoms with van der Waals surface area (Å²) in [6, 6.07) is 7.77. The maximum atomic E-state index is 8.88. The smallest absolute Gasteiger partial charge is 0.102 e. The third-order valence-corrected chi connectivity index (χ3v) is 1.92. The van der Waals surface area contributed by atoms with Crippen LogP contribution in [-0.4, -0.2) is 0 Å². The fourth-order valence-corrected chi connectivity index (χ4v) is 1.37. The molecule has 2 nitrogen and oxygen atoms in total. The van der Waals surface area contributed by atoms with Crippen LogP contribution in [0.4, 0.5) is 5.69 Å². The summed E-state index contributed by atoms with van der Waals surface area (Å²) in [5.74, 6) is 0.550. The number of hydrogen-bond acceptors (Lipinski definition) is 2. The van der Waals surface area contributed by atoms with Gasteiger partial charge in [-0.3, -0.25) is 0 Å². The molecule has 0 saturated carbocycles. The fraction of sp³-hybridized carbons (Fsp3) is 0.364. The zero-order valence-corrected chi connectivity index (χ0v) is 8.04. The Morgan fingerprint density at radius 2 is 2.15 bits per heavy atom. The SMILES string of the molecule is CC(C)Cc1cccc(N)c1C#N. The van der Waals surface area contributed by atoms with Crippen LogP contribution in [-0.2, 0) is 6.42 Å². The lowest BCUT2D eigenvalue weighted by Crippen LogP contribution is -2.00. The standard InChI is InChI=1S/C11H14N2/c1-8(2)6-9-4-3-5-11(13)10(9)7-12/h3-5,8H,6,13H2,1-2H3. The summed E-state index contributed by atoms with van der Waals surface area (Å²) in [6.07, 6.45) is 0.911. The van der Waals surface area contributed by atoms with E-state index in [-0.39, 0.29) is 0 Å². The van der Waals surface area contributed by atoms with Gasteiger partial charge in [0.15, 0.2) is 0 Å². The van der Waals surface area contributed by atoms with Crippen molar-refractivity contribution < 1.29 is 0 Å². The summed E-state index contributed by atoms with van der Waals surface area (Å²) in [5, 5.41) is 8.88. The van der Waals surface area contributed by atoms with E-state index < -0.39 is 0 Å². The van der Waals surface area contributed by atoms with Gasteiger partial charge in [0.1, 0.15) is 6.07 Å². The predicted molar refractivity (Wildman–Crippen MR) is 54.1 cm³/mol. The molecule has 0 atom stereocenters. The van der Waals surface area contributed by atoms with Crippen molar-refractivity contribution in [1.29, 1.82) is 5.26 Å². The highest BCUT2D eigenvalue weighted by atomic mass is 14.6. The van der Waals surface area contributed by atoms with Crippen molar-refractivity contribution in [2.45, 2.75) is 20.3 Å². The molecule has 0 aliphatic carbocycles. The highest BCUT2D eigenvalue weighted by molar-refractivity contribution is 5.57. The average molecular weight is 174 g/mol. The van der Waals surface area contributed by atoms with Crippen LogP contribution in [0, 0.1) is 17.2 Å². The third-order valence-electron chi connectivity index (χ3n) is 1.92. The monoisotopic (exact) mass is 174 g/mol. The molecule has 1 rings (SSSR count). The minimum atomic E-state index is 0.550. The Morgan fingerprint density at radius 3 is 2.69 bits per heavy atom. The molecule has 0 heterocycles. The second-order valence-corrected chi connectivity index (χ2v) is 3.59. The van der Waals surface area contributed by atoms with Crippen molar-refractivity contribution in [1.82, 2.24) is 0 Å². The van der Waals surface area contributed by atoms with E-state index in [1.807, 2.05) is 12.1 Å². The largest absolute Gasteiger partial charge is 0.398 e. The first-order valence-electron chi connectivity index (χ1n) is 4.42. The first-order valence-corrected chi connectivity index (χ1v) is 4.42. The molecule has 0 aliphatic heterocycles. The van der Waals surface area contributed by atoms with Gasteiger partial charge in [-0.15, -0.1) is 0 Å². The summed E-state index contributed by atoms with van der Waals surface area (Å²) in [5.41, 5.74) is 7.96. The maximum absolute atomic E-state index is 8.88. The van der Waals surface area contributed by atoms with Crippen molar-refractivity contribution in [3.63, 3.8) is 0 Å². The van der Waals surface area contributed by atoms with E-state index >= 15 is 0 Å². The van der Waals surface area contributed by atoms with E-state index in [9.17, 15) is 0 Å². The Bertz CT molecular complexity index is 334. The van der Waals surface area contributed by atoms with Crippen molar-refractivity contribution >= 4 is 5.69 Å². The number of nitriles is 1. The van der Waals surface area contributed by atoms with Gasteiger partial charge in [0.2, 0.25) is 0 Å². The summed E-state index contributed by atoms with van der Waals surface area (Å²) >= 11 is 0. The van der Waals surface area contributed by atoms with Gasteiger partial charge in [0, 0.05) is 5.69 Å². The van der Waals surface area contributed by atoms with Crippen LogP contribution in [0.25, 0.3) is 0 Å². The van der Waals surface area contributed by atoms with Gasteiger partial charge in [0.25, 0.3) is 0 Å². The van der Waals surface area contributed by atoms with Crippen LogP contribution in [0.5, 0.6) is 0 Å². The number of nitrogens with two attached hydrogens (primary N) is 1. The third kappa shape index (κ3) is 2.22. The molecule has 0 unspecified atom stereocenters. The molecule has 13 heavy (non-hydrogen) atoms. The Kier molecular flexibility index (Phi) is 2.92. The molecule has 0 aliphatic rings. The molecule has 2 N–H and O–H groups in total. The highest BCUT2D eigenvalue weighted by Crippen LogP contribution is 2.18. The molecule has 1 aromatic rings. The molecule has 0 fully saturated rings. The zero-order chi connectivity index (χ0) is 9.84. The number of hydrogen-bond donors (Lipinski definition) is 1. The van der Waals surface area contributed by atoms with Crippen molar-refractivity contribution in [3.05, 3.63) is 29.3 Å². The summed E-state index contributed by atoms with van der Waals surface area (Å²) in [6.45, 7) is 4.26. The van der Waals surface area contributed by atoms with E-state index in [2.05, 4.69) is 19.9 Å². The minimum Gasteiger partial charge on any atom is -0.398 e. The lowest BCUT2D eigenvalue weighted by atomic mass is 9.97. The van der Waals surface area contributed by atoms with Gasteiger partial charge in [-0.2, -0.15) is 5.26 Å². The average Bonchev–Trinajstić information content (AvgIpc) is 2.03. The first-order chi connectivity index (χ1) is 6.15. The second kappa shape index (κ2) is 3.95. The Balaban J connectivity index is 3.07. The first kappa shape index (κ1) is 9.60. The topological polar surface area (TPSA) is 49.8 Å². The second-order valence-electron chi connectivity index (χ2n) is 3.59. The molecular formula is C11H14N2. The van der Waals surface area contributed by atoms with E-state index in [1.54, 1.807) is 6.07 Å². The molecule has 0 spiro atoms. The molecule has 0 bridgehead atoms. The Hall–Kier alpha value is -1.49. The summed E-state index contributed by atoms with van der Waals surface area (Å²) < 4.78 is 0. The molecule has 2 heteroatoms. The van der Waals surface area contributed by atoms with Gasteiger partial charge in [-0.1, -0.05) is 26.0 Å². The Labute approximate surface area is 79.0 Å². The van der Waals surface area contributed by atoms with Crippen LogP contribution in [0.3, 0.4) is 0 Å².